The largest absolute Gasteiger partial charge is 0.375 e. The third-order valence-electron chi connectivity index (χ3n) is 4.45. The first-order chi connectivity index (χ1) is 8.79. The number of pyridine rings is 1. The Morgan fingerprint density at radius 3 is 2.72 bits per heavy atom. The van der Waals surface area contributed by atoms with Crippen molar-refractivity contribution in [3.05, 3.63) is 30.1 Å². The van der Waals surface area contributed by atoms with Gasteiger partial charge in [-0.25, -0.2) is 0 Å². The molecule has 1 saturated carbocycles. The average Bonchev–Trinajstić information content (AvgIpc) is 2.87. The van der Waals surface area contributed by atoms with Crippen molar-refractivity contribution in [1.29, 1.82) is 5.26 Å². The lowest BCUT2D eigenvalue weighted by atomic mass is 9.71. The maximum atomic E-state index is 9.69. The number of hydrogen-bond donors (Lipinski definition) is 0. The topological polar surface area (TPSA) is 45.9 Å². The van der Waals surface area contributed by atoms with Crippen LogP contribution in [0.3, 0.4) is 0 Å². The fourth-order valence-corrected chi connectivity index (χ4v) is 3.49. The summed E-state index contributed by atoms with van der Waals surface area (Å²) >= 11 is 0. The Kier molecular flexibility index (Phi) is 2.83. The van der Waals surface area contributed by atoms with Crippen LogP contribution in [-0.2, 0) is 10.2 Å². The molecule has 1 unspecified atom stereocenters. The van der Waals surface area contributed by atoms with Crippen LogP contribution >= 0.6 is 0 Å². The molecule has 2 aliphatic rings. The first-order valence-electron chi connectivity index (χ1n) is 6.75. The summed E-state index contributed by atoms with van der Waals surface area (Å²) < 4.78 is 6.03. The molecule has 0 bridgehead atoms. The van der Waals surface area contributed by atoms with E-state index in [2.05, 4.69) is 11.1 Å². The fraction of sp³-hybridized carbons (Fsp3) is 0.600. The molecule has 0 aromatic carbocycles. The first-order valence-corrected chi connectivity index (χ1v) is 6.75. The van der Waals surface area contributed by atoms with Crippen molar-refractivity contribution in [2.45, 2.75) is 49.5 Å². The Labute approximate surface area is 108 Å². The average molecular weight is 242 g/mol. The number of aromatic nitrogens is 1. The highest BCUT2D eigenvalue weighted by Gasteiger charge is 2.49. The third kappa shape index (κ3) is 1.81. The maximum absolute atomic E-state index is 9.69. The van der Waals surface area contributed by atoms with Crippen LogP contribution in [0.15, 0.2) is 24.4 Å². The summed E-state index contributed by atoms with van der Waals surface area (Å²) in [5.74, 6) is 0. The number of ether oxygens (including phenoxy) is 1. The van der Waals surface area contributed by atoms with E-state index in [9.17, 15) is 5.26 Å². The second-order valence-corrected chi connectivity index (χ2v) is 5.57. The van der Waals surface area contributed by atoms with Gasteiger partial charge in [0.15, 0.2) is 0 Å². The van der Waals surface area contributed by atoms with Gasteiger partial charge >= 0.3 is 0 Å². The summed E-state index contributed by atoms with van der Waals surface area (Å²) in [7, 11) is 0. The molecule has 3 heteroatoms. The van der Waals surface area contributed by atoms with Gasteiger partial charge in [0.1, 0.15) is 5.41 Å². The van der Waals surface area contributed by atoms with E-state index in [-0.39, 0.29) is 5.60 Å². The Hall–Kier alpha value is -1.40. The number of nitrogens with zero attached hydrogens (tertiary/aromatic N) is 2. The predicted octanol–water partition coefficient (Wildman–Crippen LogP) is 2.97. The molecule has 1 aliphatic heterocycles. The van der Waals surface area contributed by atoms with Crippen LogP contribution in [0.1, 0.15) is 44.2 Å². The van der Waals surface area contributed by atoms with Gasteiger partial charge in [-0.15, -0.1) is 0 Å². The van der Waals surface area contributed by atoms with E-state index in [1.54, 1.807) is 6.20 Å². The summed E-state index contributed by atoms with van der Waals surface area (Å²) in [4.78, 5) is 4.42. The van der Waals surface area contributed by atoms with Crippen molar-refractivity contribution in [1.82, 2.24) is 4.98 Å². The Morgan fingerprint density at radius 2 is 2.06 bits per heavy atom. The SMILES string of the molecule is N#CC1(c2ccccn2)CCOC2(CCCC2)C1. The van der Waals surface area contributed by atoms with Crippen molar-refractivity contribution < 1.29 is 4.74 Å². The van der Waals surface area contributed by atoms with Gasteiger partial charge < -0.3 is 4.74 Å². The van der Waals surface area contributed by atoms with Gasteiger partial charge in [-0.3, -0.25) is 4.98 Å². The lowest BCUT2D eigenvalue weighted by Crippen LogP contribution is -2.45. The van der Waals surface area contributed by atoms with Crippen molar-refractivity contribution in [3.8, 4) is 6.07 Å². The van der Waals surface area contributed by atoms with Crippen LogP contribution in [0.25, 0.3) is 0 Å². The predicted molar refractivity (Wildman–Crippen MR) is 67.9 cm³/mol. The smallest absolute Gasteiger partial charge is 0.104 e. The molecule has 18 heavy (non-hydrogen) atoms. The number of rotatable bonds is 1. The maximum Gasteiger partial charge on any atom is 0.104 e. The Bertz CT molecular complexity index is 459. The highest BCUT2D eigenvalue weighted by atomic mass is 16.5. The van der Waals surface area contributed by atoms with Gasteiger partial charge in [0.25, 0.3) is 0 Å². The van der Waals surface area contributed by atoms with Crippen LogP contribution in [-0.4, -0.2) is 17.2 Å². The molecule has 1 saturated heterocycles. The van der Waals surface area contributed by atoms with E-state index in [1.807, 2.05) is 18.2 Å². The molecule has 2 fully saturated rings. The zero-order valence-electron chi connectivity index (χ0n) is 10.6. The van der Waals surface area contributed by atoms with Crippen LogP contribution in [0.4, 0.5) is 0 Å². The van der Waals surface area contributed by atoms with Crippen molar-refractivity contribution in [3.63, 3.8) is 0 Å². The number of hydrogen-bond acceptors (Lipinski definition) is 3. The lowest BCUT2D eigenvalue weighted by molar-refractivity contribution is -0.0925. The van der Waals surface area contributed by atoms with Crippen LogP contribution in [0.2, 0.25) is 0 Å². The minimum atomic E-state index is -0.441. The quantitative estimate of drug-likeness (QED) is 0.760. The Morgan fingerprint density at radius 1 is 1.22 bits per heavy atom. The second-order valence-electron chi connectivity index (χ2n) is 5.57. The molecule has 1 aromatic heterocycles. The van der Waals surface area contributed by atoms with E-state index in [1.165, 1.54) is 12.8 Å². The normalized spacial score (nSPS) is 30.2. The van der Waals surface area contributed by atoms with Gasteiger partial charge in [-0.05, 0) is 31.4 Å². The summed E-state index contributed by atoms with van der Waals surface area (Å²) in [6, 6.07) is 8.40. The molecule has 1 spiro atoms. The minimum Gasteiger partial charge on any atom is -0.375 e. The number of nitriles is 1. The summed E-state index contributed by atoms with van der Waals surface area (Å²) in [6.45, 7) is 0.685. The molecule has 3 rings (SSSR count). The second kappa shape index (κ2) is 4.37. The van der Waals surface area contributed by atoms with Gasteiger partial charge in [-0.2, -0.15) is 5.26 Å². The van der Waals surface area contributed by atoms with Crippen LogP contribution in [0.5, 0.6) is 0 Å². The summed E-state index contributed by atoms with van der Waals surface area (Å²) in [6.07, 6.45) is 8.01. The molecular formula is C15H18N2O. The molecule has 0 amide bonds. The third-order valence-corrected chi connectivity index (χ3v) is 4.45. The molecular weight excluding hydrogens is 224 g/mol. The first kappa shape index (κ1) is 11.7. The molecule has 0 N–H and O–H groups in total. The van der Waals surface area contributed by atoms with Crippen molar-refractivity contribution in [2.75, 3.05) is 6.61 Å². The van der Waals surface area contributed by atoms with Gasteiger partial charge in [0.05, 0.1) is 17.4 Å². The van der Waals surface area contributed by atoms with Gasteiger partial charge in [0.2, 0.25) is 0 Å². The van der Waals surface area contributed by atoms with E-state index in [4.69, 9.17) is 4.74 Å². The molecule has 94 valence electrons. The highest BCUT2D eigenvalue weighted by molar-refractivity contribution is 5.28. The summed E-state index contributed by atoms with van der Waals surface area (Å²) in [5, 5.41) is 9.69. The molecule has 3 nitrogen and oxygen atoms in total. The molecule has 0 radical (unpaired) electrons. The van der Waals surface area contributed by atoms with Crippen LogP contribution < -0.4 is 0 Å². The molecule has 2 heterocycles. The highest BCUT2D eigenvalue weighted by Crippen LogP contribution is 2.47. The summed E-state index contributed by atoms with van der Waals surface area (Å²) in [5.41, 5.74) is 0.428. The van der Waals surface area contributed by atoms with Crippen molar-refractivity contribution in [2.24, 2.45) is 0 Å². The zero-order valence-corrected chi connectivity index (χ0v) is 10.6. The molecule has 1 aromatic rings. The zero-order chi connectivity index (χ0) is 12.5. The van der Waals surface area contributed by atoms with Crippen LogP contribution in [0, 0.1) is 11.3 Å². The lowest BCUT2D eigenvalue weighted by Gasteiger charge is -2.42. The Balaban J connectivity index is 1.95. The molecule has 1 aliphatic carbocycles. The molecule has 1 atom stereocenters. The fourth-order valence-electron chi connectivity index (χ4n) is 3.49. The van der Waals surface area contributed by atoms with E-state index >= 15 is 0 Å². The van der Waals surface area contributed by atoms with E-state index in [0.717, 1.165) is 31.4 Å². The van der Waals surface area contributed by atoms with E-state index < -0.39 is 5.41 Å². The standard InChI is InChI=1S/C15H18N2O/c16-12-14(13-5-1-4-9-17-13)8-10-18-15(11-14)6-2-3-7-15/h1,4-5,9H,2-3,6-8,10-11H2. The van der Waals surface area contributed by atoms with E-state index in [0.29, 0.717) is 6.61 Å². The minimum absolute atomic E-state index is 0.0501. The van der Waals surface area contributed by atoms with Crippen molar-refractivity contribution >= 4 is 0 Å². The monoisotopic (exact) mass is 242 g/mol. The van der Waals surface area contributed by atoms with Gasteiger partial charge in [-0.1, -0.05) is 18.9 Å². The van der Waals surface area contributed by atoms with Gasteiger partial charge in [0, 0.05) is 19.2 Å².